The van der Waals surface area contributed by atoms with Crippen molar-refractivity contribution in [2.45, 2.75) is 6.92 Å². The van der Waals surface area contributed by atoms with Crippen molar-refractivity contribution in [3.8, 4) is 17.2 Å². The van der Waals surface area contributed by atoms with Crippen molar-refractivity contribution in [3.05, 3.63) is 70.2 Å². The van der Waals surface area contributed by atoms with E-state index in [1.807, 2.05) is 49.4 Å². The molecule has 0 amide bonds. The van der Waals surface area contributed by atoms with E-state index in [2.05, 4.69) is 5.10 Å². The van der Waals surface area contributed by atoms with Gasteiger partial charge in [0.15, 0.2) is 0 Å². The fourth-order valence-electron chi connectivity index (χ4n) is 2.97. The van der Waals surface area contributed by atoms with Crippen LogP contribution >= 0.6 is 22.9 Å². The maximum Gasteiger partial charge on any atom is 0.348 e. The lowest BCUT2D eigenvalue weighted by molar-refractivity contribution is 0.0456. The number of thiophene rings is 1. The van der Waals surface area contributed by atoms with Crippen molar-refractivity contribution >= 4 is 39.1 Å². The van der Waals surface area contributed by atoms with E-state index in [1.165, 1.54) is 11.3 Å². The molecule has 6 nitrogen and oxygen atoms in total. The minimum atomic E-state index is -0.383. The van der Waals surface area contributed by atoms with Crippen LogP contribution in [0.2, 0.25) is 5.02 Å². The summed E-state index contributed by atoms with van der Waals surface area (Å²) in [5, 5.41) is 6.11. The standard InChI is InChI=1S/C22H19ClN2O4S/c1-14-19-13-20(30-21(19)25(24-14)16-5-3-4-15(23)12-16)22(26)29-11-10-28-18-8-6-17(27-2)7-9-18/h3-9,12-13H,10-11H2,1-2H3. The number of carbonyl (C=O) groups is 1. The first-order valence-corrected chi connectivity index (χ1v) is 10.4. The van der Waals surface area contributed by atoms with Gasteiger partial charge >= 0.3 is 5.97 Å². The summed E-state index contributed by atoms with van der Waals surface area (Å²) in [5.41, 5.74) is 1.68. The van der Waals surface area contributed by atoms with Crippen LogP contribution < -0.4 is 9.47 Å². The number of benzene rings is 2. The highest BCUT2D eigenvalue weighted by molar-refractivity contribution is 7.20. The summed E-state index contributed by atoms with van der Waals surface area (Å²) in [4.78, 5) is 13.9. The average molecular weight is 443 g/mol. The Labute approximate surface area is 182 Å². The Morgan fingerprint density at radius 2 is 1.87 bits per heavy atom. The monoisotopic (exact) mass is 442 g/mol. The summed E-state index contributed by atoms with van der Waals surface area (Å²) in [5.74, 6) is 1.06. The molecule has 8 heteroatoms. The van der Waals surface area contributed by atoms with Gasteiger partial charge in [-0.2, -0.15) is 5.10 Å². The van der Waals surface area contributed by atoms with E-state index < -0.39 is 0 Å². The largest absolute Gasteiger partial charge is 0.497 e. The molecule has 0 atom stereocenters. The fraction of sp³-hybridized carbons (Fsp3) is 0.182. The molecule has 0 unspecified atom stereocenters. The van der Waals surface area contributed by atoms with Crippen LogP contribution in [-0.2, 0) is 4.74 Å². The highest BCUT2D eigenvalue weighted by Crippen LogP contribution is 2.31. The van der Waals surface area contributed by atoms with Crippen LogP contribution in [0.25, 0.3) is 15.9 Å². The predicted octanol–water partition coefficient (Wildman–Crippen LogP) is 5.29. The third-order valence-electron chi connectivity index (χ3n) is 4.44. The number of methoxy groups -OCH3 is 1. The minimum absolute atomic E-state index is 0.151. The molecule has 0 aliphatic heterocycles. The number of ether oxygens (including phenoxy) is 3. The molecule has 0 spiro atoms. The molecule has 0 fully saturated rings. The third kappa shape index (κ3) is 4.27. The maximum absolute atomic E-state index is 12.5. The van der Waals surface area contributed by atoms with Crippen LogP contribution in [-0.4, -0.2) is 36.1 Å². The third-order valence-corrected chi connectivity index (χ3v) is 5.77. The van der Waals surface area contributed by atoms with Gasteiger partial charge in [0, 0.05) is 10.4 Å². The fourth-order valence-corrected chi connectivity index (χ4v) is 4.23. The molecule has 4 rings (SSSR count). The van der Waals surface area contributed by atoms with Gasteiger partial charge < -0.3 is 14.2 Å². The molecular weight excluding hydrogens is 424 g/mol. The van der Waals surface area contributed by atoms with E-state index in [0.29, 0.717) is 15.6 Å². The molecule has 0 saturated carbocycles. The van der Waals surface area contributed by atoms with E-state index in [-0.39, 0.29) is 19.2 Å². The van der Waals surface area contributed by atoms with Crippen molar-refractivity contribution in [1.82, 2.24) is 9.78 Å². The van der Waals surface area contributed by atoms with E-state index in [9.17, 15) is 4.79 Å². The number of rotatable bonds is 7. The number of halogens is 1. The number of nitrogens with zero attached hydrogens (tertiary/aromatic N) is 2. The normalized spacial score (nSPS) is 10.9. The highest BCUT2D eigenvalue weighted by atomic mass is 35.5. The van der Waals surface area contributed by atoms with Crippen molar-refractivity contribution < 1.29 is 19.0 Å². The number of esters is 1. The smallest absolute Gasteiger partial charge is 0.348 e. The van der Waals surface area contributed by atoms with Crippen molar-refractivity contribution in [2.24, 2.45) is 0 Å². The second-order valence-electron chi connectivity index (χ2n) is 6.47. The van der Waals surface area contributed by atoms with Crippen molar-refractivity contribution in [1.29, 1.82) is 0 Å². The van der Waals surface area contributed by atoms with Crippen LogP contribution in [0, 0.1) is 6.92 Å². The average Bonchev–Trinajstić information content (AvgIpc) is 3.32. The molecule has 0 aliphatic carbocycles. The maximum atomic E-state index is 12.5. The van der Waals surface area contributed by atoms with Gasteiger partial charge in [0.2, 0.25) is 0 Å². The molecule has 30 heavy (non-hydrogen) atoms. The summed E-state index contributed by atoms with van der Waals surface area (Å²) < 4.78 is 17.9. The van der Waals surface area contributed by atoms with Gasteiger partial charge in [-0.05, 0) is 55.5 Å². The molecule has 0 bridgehead atoms. The Morgan fingerprint density at radius 3 is 2.60 bits per heavy atom. The summed E-state index contributed by atoms with van der Waals surface area (Å²) in [7, 11) is 1.61. The Morgan fingerprint density at radius 1 is 1.10 bits per heavy atom. The second-order valence-corrected chi connectivity index (χ2v) is 7.93. The van der Waals surface area contributed by atoms with Gasteiger partial charge in [0.05, 0.1) is 18.5 Å². The number of hydrogen-bond donors (Lipinski definition) is 0. The number of carbonyl (C=O) groups excluding carboxylic acids is 1. The molecule has 0 N–H and O–H groups in total. The van der Waals surface area contributed by atoms with E-state index in [1.54, 1.807) is 23.9 Å². The van der Waals surface area contributed by atoms with E-state index >= 15 is 0 Å². The van der Waals surface area contributed by atoms with Crippen molar-refractivity contribution in [2.75, 3.05) is 20.3 Å². The summed E-state index contributed by atoms with van der Waals surface area (Å²) in [6.45, 7) is 2.32. The lowest BCUT2D eigenvalue weighted by Crippen LogP contribution is -2.11. The van der Waals surface area contributed by atoms with Gasteiger partial charge in [-0.15, -0.1) is 11.3 Å². The van der Waals surface area contributed by atoms with Gasteiger partial charge in [0.1, 0.15) is 34.4 Å². The molecule has 0 radical (unpaired) electrons. The molecule has 0 saturated heterocycles. The van der Waals surface area contributed by atoms with Crippen LogP contribution in [0.3, 0.4) is 0 Å². The first kappa shape index (κ1) is 20.3. The first-order valence-electron chi connectivity index (χ1n) is 9.24. The van der Waals surface area contributed by atoms with E-state index in [4.69, 9.17) is 25.8 Å². The van der Waals surface area contributed by atoms with Crippen LogP contribution in [0.4, 0.5) is 0 Å². The summed E-state index contributed by atoms with van der Waals surface area (Å²) >= 11 is 7.45. The molecule has 0 aliphatic rings. The predicted molar refractivity (Wildman–Crippen MR) is 117 cm³/mol. The van der Waals surface area contributed by atoms with Crippen LogP contribution in [0.5, 0.6) is 11.5 Å². The number of aryl methyl sites for hydroxylation is 1. The molecule has 4 aromatic rings. The lowest BCUT2D eigenvalue weighted by Gasteiger charge is -2.07. The van der Waals surface area contributed by atoms with Crippen LogP contribution in [0.1, 0.15) is 15.4 Å². The Bertz CT molecular complexity index is 1180. The topological polar surface area (TPSA) is 62.6 Å². The van der Waals surface area contributed by atoms with Gasteiger partial charge in [-0.1, -0.05) is 17.7 Å². The minimum Gasteiger partial charge on any atom is -0.497 e. The van der Waals surface area contributed by atoms with Gasteiger partial charge in [-0.3, -0.25) is 0 Å². The number of aromatic nitrogens is 2. The lowest BCUT2D eigenvalue weighted by atomic mass is 10.3. The quantitative estimate of drug-likeness (QED) is 0.287. The Balaban J connectivity index is 1.41. The van der Waals surface area contributed by atoms with Crippen LogP contribution in [0.15, 0.2) is 54.6 Å². The summed E-state index contributed by atoms with van der Waals surface area (Å²) in [6, 6.07) is 16.5. The zero-order valence-electron chi connectivity index (χ0n) is 16.4. The van der Waals surface area contributed by atoms with E-state index in [0.717, 1.165) is 27.3 Å². The molecular formula is C22H19ClN2O4S. The molecule has 2 aromatic heterocycles. The second kappa shape index (κ2) is 8.77. The Kier molecular flexibility index (Phi) is 5.92. The number of fused-ring (bicyclic) bond motifs is 1. The molecule has 2 heterocycles. The SMILES string of the molecule is COc1ccc(OCCOC(=O)c2cc3c(C)nn(-c4cccc(Cl)c4)c3s2)cc1. The van der Waals surface area contributed by atoms with Gasteiger partial charge in [0.25, 0.3) is 0 Å². The highest BCUT2D eigenvalue weighted by Gasteiger charge is 2.18. The molecule has 2 aromatic carbocycles. The first-order chi connectivity index (χ1) is 14.5. The zero-order valence-corrected chi connectivity index (χ0v) is 18.0. The summed E-state index contributed by atoms with van der Waals surface area (Å²) in [6.07, 6.45) is 0. The van der Waals surface area contributed by atoms with Gasteiger partial charge in [-0.25, -0.2) is 9.48 Å². The molecule has 154 valence electrons. The van der Waals surface area contributed by atoms with Crippen molar-refractivity contribution in [3.63, 3.8) is 0 Å². The zero-order chi connectivity index (χ0) is 21.1. The number of hydrogen-bond acceptors (Lipinski definition) is 6. The Hall–Kier alpha value is -3.03.